The maximum absolute atomic E-state index is 11.6. The molecule has 0 saturated heterocycles. The molecule has 3 nitrogen and oxygen atoms in total. The Balaban J connectivity index is 2.07. The Labute approximate surface area is 112 Å². The number of rotatable bonds is 4. The molecule has 0 bridgehead atoms. The van der Waals surface area contributed by atoms with Gasteiger partial charge in [-0.2, -0.15) is 0 Å². The monoisotopic (exact) mass is 255 g/mol. The minimum Gasteiger partial charge on any atom is -0.459 e. The molecule has 0 aliphatic rings. The first-order valence-corrected chi connectivity index (χ1v) is 6.29. The smallest absolute Gasteiger partial charge is 0.244 e. The molecule has 2 rings (SSSR count). The minimum atomic E-state index is -0.157. The summed E-state index contributed by atoms with van der Waals surface area (Å²) in [5, 5.41) is 3.91. The molecule has 19 heavy (non-hydrogen) atoms. The number of furan rings is 1. The van der Waals surface area contributed by atoms with E-state index in [0.717, 1.165) is 16.7 Å². The molecule has 1 atom stereocenters. The predicted molar refractivity (Wildman–Crippen MR) is 76.7 cm³/mol. The number of carbonyl (C=O) groups is 1. The predicted octanol–water partition coefficient (Wildman–Crippen LogP) is 3.74. The Morgan fingerprint density at radius 1 is 1.32 bits per heavy atom. The molecule has 0 radical (unpaired) electrons. The van der Waals surface area contributed by atoms with Crippen LogP contribution in [0.5, 0.6) is 0 Å². The molecule has 0 unspecified atom stereocenters. The van der Waals surface area contributed by atoms with Crippen LogP contribution >= 0.6 is 0 Å². The summed E-state index contributed by atoms with van der Waals surface area (Å²) in [6, 6.07) is 9.59. The van der Waals surface area contributed by atoms with Crippen molar-refractivity contribution in [2.24, 2.45) is 0 Å². The Kier molecular flexibility index (Phi) is 4.18. The van der Waals surface area contributed by atoms with Crippen LogP contribution in [0.1, 0.15) is 25.6 Å². The number of benzene rings is 1. The fourth-order valence-corrected chi connectivity index (χ4v) is 1.80. The van der Waals surface area contributed by atoms with Gasteiger partial charge in [0.25, 0.3) is 0 Å². The summed E-state index contributed by atoms with van der Waals surface area (Å²) in [5.41, 5.74) is 0.836. The number of hydrogen-bond acceptors (Lipinski definition) is 2. The van der Waals surface area contributed by atoms with Gasteiger partial charge in [0.15, 0.2) is 0 Å². The van der Waals surface area contributed by atoms with E-state index in [1.165, 1.54) is 6.08 Å². The maximum atomic E-state index is 11.6. The van der Waals surface area contributed by atoms with Gasteiger partial charge in [0.2, 0.25) is 5.91 Å². The number of carbonyl (C=O) groups excluding carboxylic acids is 1. The first-order valence-electron chi connectivity index (χ1n) is 6.29. The Morgan fingerprint density at radius 3 is 2.84 bits per heavy atom. The van der Waals surface area contributed by atoms with Crippen molar-refractivity contribution in [1.29, 1.82) is 0 Å². The average Bonchev–Trinajstić information content (AvgIpc) is 2.83. The highest BCUT2D eigenvalue weighted by Crippen LogP contribution is 2.23. The zero-order valence-electron chi connectivity index (χ0n) is 11.1. The lowest BCUT2D eigenvalue weighted by Crippen LogP contribution is -2.24. The van der Waals surface area contributed by atoms with E-state index in [1.54, 1.807) is 6.08 Å². The molecule has 1 aromatic heterocycles. The van der Waals surface area contributed by atoms with Crippen molar-refractivity contribution in [1.82, 2.24) is 5.32 Å². The standard InChI is InChI=1S/C16H17NO2/c1-3-4-5-10-16(18)17-12(2)15-11-13-8-6-7-9-14(13)19-15/h3-12H,1-2H3,(H,17,18)/b4-3+,10-5+/t12-/m1/s1. The van der Waals surface area contributed by atoms with Gasteiger partial charge in [0.1, 0.15) is 11.3 Å². The quantitative estimate of drug-likeness (QED) is 0.668. The number of amides is 1. The lowest BCUT2D eigenvalue weighted by molar-refractivity contribution is -0.117. The Morgan fingerprint density at radius 2 is 2.11 bits per heavy atom. The third-order valence-electron chi connectivity index (χ3n) is 2.78. The summed E-state index contributed by atoms with van der Waals surface area (Å²) in [4.78, 5) is 11.6. The van der Waals surface area contributed by atoms with Crippen molar-refractivity contribution in [2.75, 3.05) is 0 Å². The summed E-state index contributed by atoms with van der Waals surface area (Å²) in [7, 11) is 0. The van der Waals surface area contributed by atoms with Gasteiger partial charge in [-0.1, -0.05) is 36.4 Å². The van der Waals surface area contributed by atoms with Gasteiger partial charge >= 0.3 is 0 Å². The molecule has 0 saturated carbocycles. The fourth-order valence-electron chi connectivity index (χ4n) is 1.80. The molecule has 1 N–H and O–H groups in total. The molecule has 1 aromatic carbocycles. The molecule has 0 aliphatic carbocycles. The van der Waals surface area contributed by atoms with Crippen molar-refractivity contribution in [2.45, 2.75) is 19.9 Å². The van der Waals surface area contributed by atoms with Crippen molar-refractivity contribution in [3.05, 3.63) is 60.4 Å². The van der Waals surface area contributed by atoms with Crippen LogP contribution in [0, 0.1) is 0 Å². The summed E-state index contributed by atoms with van der Waals surface area (Å²) in [5.74, 6) is 0.625. The Bertz CT molecular complexity index is 589. The lowest BCUT2D eigenvalue weighted by Gasteiger charge is -2.08. The van der Waals surface area contributed by atoms with Gasteiger partial charge in [0, 0.05) is 11.5 Å². The van der Waals surface area contributed by atoms with Crippen molar-refractivity contribution in [3.63, 3.8) is 0 Å². The van der Waals surface area contributed by atoms with Gasteiger partial charge in [-0.05, 0) is 26.0 Å². The zero-order chi connectivity index (χ0) is 13.7. The summed E-state index contributed by atoms with van der Waals surface area (Å²) < 4.78 is 5.70. The molecule has 0 fully saturated rings. The van der Waals surface area contributed by atoms with Crippen molar-refractivity contribution in [3.8, 4) is 0 Å². The van der Waals surface area contributed by atoms with E-state index in [-0.39, 0.29) is 11.9 Å². The SMILES string of the molecule is C/C=C/C=C/C(=O)N[C@H](C)c1cc2ccccc2o1. The second-order valence-electron chi connectivity index (χ2n) is 4.30. The highest BCUT2D eigenvalue weighted by atomic mass is 16.3. The molecular weight excluding hydrogens is 238 g/mol. The van der Waals surface area contributed by atoms with E-state index < -0.39 is 0 Å². The second-order valence-corrected chi connectivity index (χ2v) is 4.30. The molecule has 0 aliphatic heterocycles. The van der Waals surface area contributed by atoms with Crippen molar-refractivity contribution < 1.29 is 9.21 Å². The summed E-state index contributed by atoms with van der Waals surface area (Å²) in [6.07, 6.45) is 6.89. The van der Waals surface area contributed by atoms with Gasteiger partial charge < -0.3 is 9.73 Å². The van der Waals surface area contributed by atoms with E-state index in [9.17, 15) is 4.79 Å². The average molecular weight is 255 g/mol. The van der Waals surface area contributed by atoms with Crippen LogP contribution in [-0.4, -0.2) is 5.91 Å². The normalized spacial score (nSPS) is 13.4. The van der Waals surface area contributed by atoms with Gasteiger partial charge in [-0.3, -0.25) is 4.79 Å². The minimum absolute atomic E-state index is 0.133. The zero-order valence-corrected chi connectivity index (χ0v) is 11.1. The van der Waals surface area contributed by atoms with Crippen LogP contribution in [0.3, 0.4) is 0 Å². The highest BCUT2D eigenvalue weighted by Gasteiger charge is 2.12. The number of nitrogens with one attached hydrogen (secondary N) is 1. The molecule has 1 heterocycles. The first kappa shape index (κ1) is 13.1. The van der Waals surface area contributed by atoms with Gasteiger partial charge in [-0.15, -0.1) is 0 Å². The van der Waals surface area contributed by atoms with Gasteiger partial charge in [0.05, 0.1) is 6.04 Å². The lowest BCUT2D eigenvalue weighted by atomic mass is 10.2. The molecule has 2 aromatic rings. The third-order valence-corrected chi connectivity index (χ3v) is 2.78. The molecule has 3 heteroatoms. The maximum Gasteiger partial charge on any atom is 0.244 e. The highest BCUT2D eigenvalue weighted by molar-refractivity contribution is 5.88. The van der Waals surface area contributed by atoms with Crippen LogP contribution < -0.4 is 5.32 Å². The van der Waals surface area contributed by atoms with E-state index in [2.05, 4.69) is 5.32 Å². The van der Waals surface area contributed by atoms with E-state index in [4.69, 9.17) is 4.42 Å². The molecule has 1 amide bonds. The van der Waals surface area contributed by atoms with Crippen LogP contribution in [-0.2, 0) is 4.79 Å². The van der Waals surface area contributed by atoms with Crippen LogP contribution in [0.25, 0.3) is 11.0 Å². The second kappa shape index (κ2) is 6.05. The molecule has 0 spiro atoms. The molecular formula is C16H17NO2. The third kappa shape index (κ3) is 3.35. The fraction of sp³-hybridized carbons (Fsp3) is 0.188. The topological polar surface area (TPSA) is 42.2 Å². The molecule has 98 valence electrons. The van der Waals surface area contributed by atoms with E-state index in [0.29, 0.717) is 0 Å². The number of hydrogen-bond donors (Lipinski definition) is 1. The van der Waals surface area contributed by atoms with Crippen molar-refractivity contribution >= 4 is 16.9 Å². The first-order chi connectivity index (χ1) is 9.20. The summed E-state index contributed by atoms with van der Waals surface area (Å²) >= 11 is 0. The van der Waals surface area contributed by atoms with Crippen LogP contribution in [0.2, 0.25) is 0 Å². The van der Waals surface area contributed by atoms with Crippen LogP contribution in [0.4, 0.5) is 0 Å². The van der Waals surface area contributed by atoms with Gasteiger partial charge in [-0.25, -0.2) is 0 Å². The summed E-state index contributed by atoms with van der Waals surface area (Å²) in [6.45, 7) is 3.80. The Hall–Kier alpha value is -2.29. The van der Waals surface area contributed by atoms with E-state index in [1.807, 2.05) is 56.3 Å². The number of para-hydroxylation sites is 1. The van der Waals surface area contributed by atoms with E-state index >= 15 is 0 Å². The van der Waals surface area contributed by atoms with Crippen LogP contribution in [0.15, 0.2) is 59.1 Å². The largest absolute Gasteiger partial charge is 0.459 e. The number of allylic oxidation sites excluding steroid dienone is 3. The number of fused-ring (bicyclic) bond motifs is 1.